The Morgan fingerprint density at radius 2 is 1.33 bits per heavy atom. The van der Waals surface area contributed by atoms with Gasteiger partial charge in [-0.3, -0.25) is 0 Å². The first-order valence-electron chi connectivity index (χ1n) is 4.04. The quantitative estimate of drug-likeness (QED) is 0.634. The van der Waals surface area contributed by atoms with E-state index in [0.29, 0.717) is 0 Å². The Kier molecular flexibility index (Phi) is 4.10. The largest absolute Gasteiger partial charge is 0.507 e. The van der Waals surface area contributed by atoms with Gasteiger partial charge in [0.1, 0.15) is 27.2 Å². The van der Waals surface area contributed by atoms with Gasteiger partial charge in [0.25, 0.3) is 0 Å². The van der Waals surface area contributed by atoms with Crippen LogP contribution in [-0.4, -0.2) is 21.9 Å². The molecule has 84 valence electrons. The summed E-state index contributed by atoms with van der Waals surface area (Å²) in [4.78, 5) is 0. The summed E-state index contributed by atoms with van der Waals surface area (Å²) >= 11 is 0. The number of hydrogen-bond donors (Lipinski definition) is 3. The molecule has 15 heavy (non-hydrogen) atoms. The van der Waals surface area contributed by atoms with Gasteiger partial charge in [-0.2, -0.15) is 0 Å². The van der Waals surface area contributed by atoms with E-state index in [-0.39, 0.29) is 28.4 Å². The molecule has 0 aliphatic carbocycles. The van der Waals surface area contributed by atoms with Crippen LogP contribution < -0.4 is 0 Å². The Hall–Kier alpha value is -1.08. The van der Waals surface area contributed by atoms with Crippen molar-refractivity contribution in [2.24, 2.45) is 0 Å². The van der Waals surface area contributed by atoms with Crippen molar-refractivity contribution in [3.8, 4) is 5.75 Å². The average molecular weight is 250 g/mol. The van der Waals surface area contributed by atoms with Gasteiger partial charge < -0.3 is 5.11 Å². The molecule has 1 aromatic rings. The first-order valence-corrected chi connectivity index (χ1v) is 6.76. The highest BCUT2D eigenvalue weighted by molar-refractivity contribution is 7.71. The molecule has 0 aromatic heterocycles. The topological polar surface area (TPSA) is 88.5 Å². The normalized spacial score (nSPS) is 11.1. The molecular formula is C8H10O5S2. The van der Waals surface area contributed by atoms with Crippen molar-refractivity contribution in [1.82, 2.24) is 0 Å². The Balaban J connectivity index is 3.10. The lowest BCUT2D eigenvalue weighted by atomic mass is 10.1. The first kappa shape index (κ1) is 12.0. The molecule has 0 saturated carbocycles. The minimum Gasteiger partial charge on any atom is -0.507 e. The van der Waals surface area contributed by atoms with Gasteiger partial charge in [0, 0.05) is 11.1 Å². The van der Waals surface area contributed by atoms with E-state index in [9.17, 15) is 21.9 Å². The molecule has 0 aliphatic rings. The summed E-state index contributed by atoms with van der Waals surface area (Å²) in [5.41, 5.74) is 0.445. The van der Waals surface area contributed by atoms with Crippen LogP contribution in [0.25, 0.3) is 0 Å². The third-order valence-corrected chi connectivity index (χ3v) is 3.00. The van der Waals surface area contributed by atoms with Crippen LogP contribution >= 0.6 is 0 Å². The fraction of sp³-hybridized carbons (Fsp3) is 0.250. The lowest BCUT2D eigenvalue weighted by molar-refractivity contribution is 0.464. The smallest absolute Gasteiger partial charge is 0.144 e. The Bertz CT molecular complexity index is 444. The van der Waals surface area contributed by atoms with E-state index in [2.05, 4.69) is 0 Å². The van der Waals surface area contributed by atoms with E-state index >= 15 is 0 Å². The SMILES string of the molecule is O=[SH](=O)Cc1cccc(C[SH](=O)=O)c1O. The second kappa shape index (κ2) is 5.13. The molecule has 1 N–H and O–H groups in total. The first-order chi connectivity index (χ1) is 7.00. The van der Waals surface area contributed by atoms with Crippen LogP contribution in [0.3, 0.4) is 0 Å². The molecule has 0 amide bonds. The number of thiol groups is 2. The van der Waals surface area contributed by atoms with Crippen LogP contribution in [-0.2, 0) is 32.9 Å². The number of hydrogen-bond acceptors (Lipinski definition) is 5. The van der Waals surface area contributed by atoms with Crippen molar-refractivity contribution in [2.75, 3.05) is 0 Å². The zero-order chi connectivity index (χ0) is 11.4. The molecule has 0 bridgehead atoms. The number of para-hydroxylation sites is 1. The fourth-order valence-electron chi connectivity index (χ4n) is 1.18. The van der Waals surface area contributed by atoms with Crippen LogP contribution in [0.5, 0.6) is 5.75 Å². The molecule has 7 heteroatoms. The lowest BCUT2D eigenvalue weighted by Crippen LogP contribution is -1.93. The van der Waals surface area contributed by atoms with Crippen molar-refractivity contribution < 1.29 is 21.9 Å². The zero-order valence-electron chi connectivity index (χ0n) is 7.62. The van der Waals surface area contributed by atoms with Crippen molar-refractivity contribution in [1.29, 1.82) is 0 Å². The van der Waals surface area contributed by atoms with E-state index in [1.807, 2.05) is 0 Å². The summed E-state index contributed by atoms with van der Waals surface area (Å²) in [6.45, 7) is 0. The van der Waals surface area contributed by atoms with Crippen LogP contribution in [0.4, 0.5) is 0 Å². The van der Waals surface area contributed by atoms with E-state index in [4.69, 9.17) is 0 Å². The minimum absolute atomic E-state index is 0.223. The fourth-order valence-corrected chi connectivity index (χ4v) is 2.24. The highest BCUT2D eigenvalue weighted by atomic mass is 32.2. The molecule has 1 rings (SSSR count). The van der Waals surface area contributed by atoms with Crippen LogP contribution in [0, 0.1) is 0 Å². The van der Waals surface area contributed by atoms with Gasteiger partial charge in [0.05, 0.1) is 11.5 Å². The van der Waals surface area contributed by atoms with Crippen LogP contribution in [0.1, 0.15) is 11.1 Å². The molecular weight excluding hydrogens is 240 g/mol. The van der Waals surface area contributed by atoms with E-state index in [0.717, 1.165) is 0 Å². The number of rotatable bonds is 4. The summed E-state index contributed by atoms with van der Waals surface area (Å²) in [6.07, 6.45) is 0. The third-order valence-electron chi connectivity index (χ3n) is 1.80. The molecule has 0 atom stereocenters. The summed E-state index contributed by atoms with van der Waals surface area (Å²) < 4.78 is 41.8. The van der Waals surface area contributed by atoms with Crippen LogP contribution in [0.15, 0.2) is 18.2 Å². The van der Waals surface area contributed by atoms with Gasteiger partial charge in [-0.25, -0.2) is 16.8 Å². The lowest BCUT2D eigenvalue weighted by Gasteiger charge is -2.04. The number of aromatic hydroxyl groups is 1. The second-order valence-corrected chi connectivity index (χ2v) is 4.87. The van der Waals surface area contributed by atoms with Crippen molar-refractivity contribution in [2.45, 2.75) is 11.5 Å². The summed E-state index contributed by atoms with van der Waals surface area (Å²) in [7, 11) is -5.27. The maximum Gasteiger partial charge on any atom is 0.144 e. The molecule has 0 saturated heterocycles. The molecule has 0 unspecified atom stereocenters. The highest BCUT2D eigenvalue weighted by Gasteiger charge is 2.08. The molecule has 0 fully saturated rings. The molecule has 0 spiro atoms. The van der Waals surface area contributed by atoms with Gasteiger partial charge >= 0.3 is 0 Å². The number of phenols is 1. The second-order valence-electron chi connectivity index (χ2n) is 2.91. The maximum absolute atomic E-state index is 10.5. The number of phenolic OH excluding ortho intramolecular Hbond substituents is 1. The molecule has 0 radical (unpaired) electrons. The van der Waals surface area contributed by atoms with Crippen molar-refractivity contribution in [3.63, 3.8) is 0 Å². The van der Waals surface area contributed by atoms with E-state index < -0.39 is 21.4 Å². The predicted molar refractivity (Wildman–Crippen MR) is 56.1 cm³/mol. The van der Waals surface area contributed by atoms with Gasteiger partial charge in [0.2, 0.25) is 0 Å². The Morgan fingerprint density at radius 3 is 1.67 bits per heavy atom. The summed E-state index contributed by atoms with van der Waals surface area (Å²) in [5.74, 6) is -0.828. The van der Waals surface area contributed by atoms with Gasteiger partial charge in [-0.1, -0.05) is 18.2 Å². The molecule has 1 aromatic carbocycles. The van der Waals surface area contributed by atoms with Gasteiger partial charge in [-0.05, 0) is 0 Å². The molecule has 0 heterocycles. The third kappa shape index (κ3) is 3.52. The average Bonchev–Trinajstić information content (AvgIpc) is 2.10. The van der Waals surface area contributed by atoms with E-state index in [1.165, 1.54) is 18.2 Å². The summed E-state index contributed by atoms with van der Waals surface area (Å²) in [5, 5.41) is 9.55. The maximum atomic E-state index is 10.5. The monoisotopic (exact) mass is 250 g/mol. The zero-order valence-corrected chi connectivity index (χ0v) is 9.41. The summed E-state index contributed by atoms with van der Waals surface area (Å²) in [6, 6.07) is 4.41. The highest BCUT2D eigenvalue weighted by Crippen LogP contribution is 2.23. The van der Waals surface area contributed by atoms with E-state index in [1.54, 1.807) is 0 Å². The minimum atomic E-state index is -2.64. The standard InChI is InChI=1S/C8H10O5S2/c9-8-6(4-14(10)11)2-1-3-7(8)5-15(12)13/h1-3,9,14-15H,4-5H2. The van der Waals surface area contributed by atoms with Crippen LogP contribution in [0.2, 0.25) is 0 Å². The molecule has 0 aliphatic heterocycles. The van der Waals surface area contributed by atoms with Crippen molar-refractivity contribution in [3.05, 3.63) is 29.3 Å². The molecule has 5 nitrogen and oxygen atoms in total. The Morgan fingerprint density at radius 1 is 0.933 bits per heavy atom. The Labute approximate surface area is 90.3 Å². The predicted octanol–water partition coefficient (Wildman–Crippen LogP) is -0.385. The number of benzene rings is 1. The van der Waals surface area contributed by atoms with Gasteiger partial charge in [-0.15, -0.1) is 0 Å². The van der Waals surface area contributed by atoms with Gasteiger partial charge in [0.15, 0.2) is 0 Å². The van der Waals surface area contributed by atoms with Crippen molar-refractivity contribution >= 4 is 21.4 Å².